The van der Waals surface area contributed by atoms with E-state index in [1.807, 2.05) is 11.2 Å². The number of rotatable bonds is 12. The molecule has 2 saturated heterocycles. The number of nitrogens with two attached hydrogens (primary N) is 1. The Morgan fingerprint density at radius 2 is 1.55 bits per heavy atom. The Bertz CT molecular complexity index is 1790. The largest absolute Gasteiger partial charge is 1.00 e. The third kappa shape index (κ3) is 11.9. The van der Waals surface area contributed by atoms with Crippen LogP contribution in [0.25, 0.3) is 0 Å². The zero-order valence-electron chi connectivity index (χ0n) is 29.3. The van der Waals surface area contributed by atoms with Crippen molar-refractivity contribution < 1.29 is 91.2 Å². The van der Waals surface area contributed by atoms with Gasteiger partial charge in [0, 0.05) is 4.75 Å². The van der Waals surface area contributed by atoms with Crippen LogP contribution in [0.5, 0.6) is 5.75 Å². The Morgan fingerprint density at radius 3 is 2.09 bits per heavy atom. The Morgan fingerprint density at radius 1 is 0.981 bits per heavy atom. The van der Waals surface area contributed by atoms with Gasteiger partial charge in [0.2, 0.25) is 11.8 Å². The smallest absolute Gasteiger partial charge is 0.787 e. The molecule has 272 valence electrons. The molecule has 0 saturated carbocycles. The van der Waals surface area contributed by atoms with Gasteiger partial charge in [0.25, 0.3) is 0 Å². The summed E-state index contributed by atoms with van der Waals surface area (Å²) < 4.78 is 16.3. The summed E-state index contributed by atoms with van der Waals surface area (Å²) in [6, 6.07) is 18.2. The molecular formula is C33H36Li2N5O11PS. The van der Waals surface area contributed by atoms with Gasteiger partial charge < -0.3 is 55.6 Å². The SMILES string of the molecule is CC1(C)S[C@@H]2[C@H](NC(=O)C(N)c3ccc(O)cc3)C(=O)N2[C@H]1C(=O)O.O=C(NCP(=O)([O-])NC(C(=O)[O-])c1ccccc1)OCc1ccccc1.[Li+].[Li+]. The average molecular weight is 756 g/mol. The van der Waals surface area contributed by atoms with Gasteiger partial charge in [-0.15, -0.1) is 11.8 Å². The topological polar surface area (TPSA) is 264 Å². The van der Waals surface area contributed by atoms with Crippen molar-refractivity contribution in [3.63, 3.8) is 0 Å². The predicted molar refractivity (Wildman–Crippen MR) is 180 cm³/mol. The standard InChI is InChI=1S/C17H19N2O6P.C16H19N3O5S.2Li/c20-16(21)15(14-9-5-2-6-10-14)19-26(23,24)12-18-17(22)25-11-13-7-3-1-4-8-13;1-16(2)11(15(23)24)19-13(22)10(14(19)25-16)18-12(21)9(17)7-3-5-8(20)6-4-7;;/h1-10,15H,11-12H2,(H,18,22)(H,20,21)(H2,19,23,24);3-6,9-11,14,20H,17H2,1-2H3,(H,18,21)(H,23,24);;/q;;2*+1/p-2/t;9?,10-,11+,14-;;/m.1../s1. The monoisotopic (exact) mass is 755 g/mol. The van der Waals surface area contributed by atoms with Gasteiger partial charge in [-0.05, 0) is 42.7 Å². The van der Waals surface area contributed by atoms with E-state index >= 15 is 0 Å². The average Bonchev–Trinajstić information content (AvgIpc) is 3.36. The normalized spacial score (nSPS) is 20.1. The van der Waals surface area contributed by atoms with Crippen molar-refractivity contribution in [1.82, 2.24) is 20.6 Å². The molecule has 7 N–H and O–H groups in total. The Kier molecular flexibility index (Phi) is 16.8. The van der Waals surface area contributed by atoms with Crippen LogP contribution in [0, 0.1) is 0 Å². The van der Waals surface area contributed by atoms with E-state index in [0.717, 1.165) is 5.56 Å². The van der Waals surface area contributed by atoms with Crippen LogP contribution < -0.4 is 69.2 Å². The number of fused-ring (bicyclic) bond motifs is 1. The molecule has 2 aliphatic rings. The van der Waals surface area contributed by atoms with E-state index in [9.17, 15) is 48.8 Å². The number of benzene rings is 3. The fourth-order valence-corrected chi connectivity index (χ4v) is 8.02. The number of carboxylic acids is 2. The minimum atomic E-state index is -4.45. The van der Waals surface area contributed by atoms with Crippen molar-refractivity contribution in [2.45, 2.75) is 54.7 Å². The number of nitrogens with one attached hydrogen (secondary N) is 3. The van der Waals surface area contributed by atoms with Crippen molar-refractivity contribution >= 4 is 49.1 Å². The van der Waals surface area contributed by atoms with Gasteiger partial charge in [-0.1, -0.05) is 72.8 Å². The number of β-lactam (4-membered cyclic amide) rings is 1. The summed E-state index contributed by atoms with van der Waals surface area (Å²) in [5, 5.41) is 36.2. The molecule has 0 aromatic heterocycles. The summed E-state index contributed by atoms with van der Waals surface area (Å²) in [6.07, 6.45) is -1.74. The van der Waals surface area contributed by atoms with Crippen molar-refractivity contribution in [2.75, 3.05) is 6.29 Å². The quantitative estimate of drug-likeness (QED) is 0.0573. The number of aromatic hydroxyl groups is 1. The first kappa shape index (κ1) is 45.4. The summed E-state index contributed by atoms with van der Waals surface area (Å²) in [7, 11) is -4.45. The number of aliphatic carboxylic acids is 2. The second-order valence-corrected chi connectivity index (χ2v) is 15.7. The molecule has 3 amide bonds. The molecule has 0 spiro atoms. The third-order valence-electron chi connectivity index (χ3n) is 7.85. The molecule has 0 radical (unpaired) electrons. The number of amides is 3. The van der Waals surface area contributed by atoms with Crippen molar-refractivity contribution in [2.24, 2.45) is 5.73 Å². The van der Waals surface area contributed by atoms with E-state index in [0.29, 0.717) is 5.56 Å². The molecule has 20 heteroatoms. The maximum absolute atomic E-state index is 12.3. The summed E-state index contributed by atoms with van der Waals surface area (Å²) in [5.41, 5.74) is 7.37. The second-order valence-electron chi connectivity index (χ2n) is 12.0. The third-order valence-corrected chi connectivity index (χ3v) is 10.6. The molecule has 5 rings (SSSR count). The predicted octanol–water partition coefficient (Wildman–Crippen LogP) is -5.46. The zero-order valence-corrected chi connectivity index (χ0v) is 31.0. The number of thioether (sulfide) groups is 1. The summed E-state index contributed by atoms with van der Waals surface area (Å²) in [5.74, 6) is -3.54. The van der Waals surface area contributed by atoms with E-state index in [2.05, 4.69) is 10.6 Å². The van der Waals surface area contributed by atoms with Crippen molar-refractivity contribution in [3.8, 4) is 5.75 Å². The zero-order chi connectivity index (χ0) is 37.5. The first-order valence-electron chi connectivity index (χ1n) is 15.4. The van der Waals surface area contributed by atoms with Gasteiger partial charge in [-0.2, -0.15) is 0 Å². The molecule has 2 fully saturated rings. The summed E-state index contributed by atoms with van der Waals surface area (Å²) in [6.45, 7) is 3.52. The van der Waals surface area contributed by atoms with Crippen molar-refractivity contribution in [3.05, 3.63) is 102 Å². The van der Waals surface area contributed by atoms with Crippen LogP contribution in [0.2, 0.25) is 0 Å². The van der Waals surface area contributed by atoms with E-state index in [4.69, 9.17) is 10.5 Å². The molecule has 0 aliphatic carbocycles. The van der Waals surface area contributed by atoms with Crippen molar-refractivity contribution in [1.29, 1.82) is 0 Å². The summed E-state index contributed by atoms with van der Waals surface area (Å²) >= 11 is 1.35. The van der Waals surface area contributed by atoms with Gasteiger partial charge in [-0.25, -0.2) is 9.59 Å². The molecule has 3 aromatic rings. The number of hydrogen-bond acceptors (Lipinski definition) is 12. The van der Waals surface area contributed by atoms with E-state index in [1.54, 1.807) is 56.3 Å². The van der Waals surface area contributed by atoms with E-state index < -0.39 is 77.9 Å². The second kappa shape index (κ2) is 19.5. The van der Waals surface area contributed by atoms with Crippen LogP contribution in [0.1, 0.15) is 42.6 Å². The maximum Gasteiger partial charge on any atom is 1.00 e. The molecule has 53 heavy (non-hydrogen) atoms. The molecule has 3 unspecified atom stereocenters. The molecule has 0 bridgehead atoms. The number of nitrogens with zero attached hydrogens (tertiary/aromatic N) is 1. The van der Waals surface area contributed by atoms with Crippen LogP contribution in [0.4, 0.5) is 4.79 Å². The number of carbonyl (C=O) groups excluding carboxylic acids is 4. The maximum atomic E-state index is 12.3. The van der Waals surface area contributed by atoms with Crippen LogP contribution in [0.15, 0.2) is 84.9 Å². The number of phenols is 1. The number of ether oxygens (including phenoxy) is 1. The van der Waals surface area contributed by atoms with E-state index in [1.165, 1.54) is 53.1 Å². The Hall–Kier alpha value is -3.74. The fourth-order valence-electron chi connectivity index (χ4n) is 5.32. The van der Waals surface area contributed by atoms with Gasteiger partial charge in [0.05, 0.1) is 25.8 Å². The Balaban J connectivity index is 0.000000354. The minimum Gasteiger partial charge on any atom is -0.787 e. The molecular weight excluding hydrogens is 719 g/mol. The van der Waals surface area contributed by atoms with E-state index in [-0.39, 0.29) is 55.6 Å². The fraction of sp³-hybridized carbons (Fsp3) is 0.303. The van der Waals surface area contributed by atoms with Crippen LogP contribution in [0.3, 0.4) is 0 Å². The van der Waals surface area contributed by atoms with Gasteiger partial charge in [-0.3, -0.25) is 14.7 Å². The number of carboxylic acid groups (broad SMARTS) is 2. The number of phenolic OH excluding ortho intramolecular Hbond substituents is 1. The van der Waals surface area contributed by atoms with Gasteiger partial charge >= 0.3 is 49.8 Å². The molecule has 16 nitrogen and oxygen atoms in total. The minimum absolute atomic E-state index is 0. The number of carbonyl (C=O) groups is 5. The molecule has 3 aromatic carbocycles. The first-order chi connectivity index (χ1) is 24.0. The van der Waals surface area contributed by atoms with Crippen LogP contribution in [-0.4, -0.2) is 73.4 Å². The number of hydrogen-bond donors (Lipinski definition) is 6. The molecule has 6 atom stereocenters. The molecule has 2 aliphatic heterocycles. The van der Waals surface area contributed by atoms with Crippen LogP contribution >= 0.6 is 19.3 Å². The molecule has 2 heterocycles. The van der Waals surface area contributed by atoms with Gasteiger partial charge in [0.15, 0.2) is 0 Å². The summed E-state index contributed by atoms with van der Waals surface area (Å²) in [4.78, 5) is 72.4. The Labute approximate surface area is 333 Å². The van der Waals surface area contributed by atoms with Gasteiger partial charge in [0.1, 0.15) is 35.9 Å². The van der Waals surface area contributed by atoms with Crippen LogP contribution in [-0.2, 0) is 35.1 Å². The first-order valence-corrected chi connectivity index (χ1v) is 18.1. The number of alkyl carbamates (subject to hydrolysis) is 1.